The van der Waals surface area contributed by atoms with Gasteiger partial charge in [0.15, 0.2) is 2.14 Å². The number of unbranched alkanes of at least 4 members (excludes halogenated alkanes) is 3. The molecule has 0 aliphatic heterocycles. The first-order valence-electron chi connectivity index (χ1n) is 5.35. The first-order valence-corrected chi connectivity index (χ1v) is 12.5. The van der Waals surface area contributed by atoms with Crippen molar-refractivity contribution in [1.29, 1.82) is 0 Å². The molecule has 0 aromatic heterocycles. The molecule has 19 heavy (non-hydrogen) atoms. The molecule has 0 unspecified atom stereocenters. The van der Waals surface area contributed by atoms with E-state index in [0.717, 1.165) is 6.42 Å². The Morgan fingerprint density at radius 3 is 1.58 bits per heavy atom. The van der Waals surface area contributed by atoms with E-state index in [1.807, 2.05) is 0 Å². The predicted molar refractivity (Wildman–Crippen MR) is 120 cm³/mol. The Morgan fingerprint density at radius 1 is 0.737 bits per heavy atom. The summed E-state index contributed by atoms with van der Waals surface area (Å²) in [5, 5.41) is 0. The van der Waals surface area contributed by atoms with Crippen molar-refractivity contribution in [2.75, 3.05) is 0 Å². The third-order valence-corrected chi connectivity index (χ3v) is 18.3. The maximum absolute atomic E-state index is 3.74. The smallest absolute Gasteiger partial charge is 0.0698 e. The lowest BCUT2D eigenvalue weighted by Crippen LogP contribution is -2.53. The van der Waals surface area contributed by atoms with E-state index in [4.69, 9.17) is 0 Å². The van der Waals surface area contributed by atoms with Gasteiger partial charge in [-0.1, -0.05) is 170 Å². The van der Waals surface area contributed by atoms with Crippen LogP contribution in [0.2, 0.25) is 0 Å². The SMILES string of the molecule is CCCCC[CH]C(Br)(Br)C(Br)(Br)C(Br)(Br)C(Br)(Br)Br. The van der Waals surface area contributed by atoms with Crippen molar-refractivity contribution < 1.29 is 0 Å². The first kappa shape index (κ1) is 23.3. The molecule has 0 atom stereocenters. The van der Waals surface area contributed by atoms with Crippen molar-refractivity contribution in [2.45, 2.75) is 44.5 Å². The van der Waals surface area contributed by atoms with Crippen LogP contribution < -0.4 is 0 Å². The highest BCUT2D eigenvalue weighted by Gasteiger charge is 2.64. The molecule has 115 valence electrons. The van der Waals surface area contributed by atoms with Crippen molar-refractivity contribution in [2.24, 2.45) is 0 Å². The molecule has 0 rings (SSSR count). The molecule has 0 saturated carbocycles. The lowest BCUT2D eigenvalue weighted by molar-refractivity contribution is 0.667. The van der Waals surface area contributed by atoms with Crippen molar-refractivity contribution >= 4 is 143 Å². The van der Waals surface area contributed by atoms with Gasteiger partial charge in [0.2, 0.25) is 0 Å². The monoisotopic (exact) mass is 842 g/mol. The number of rotatable bonds is 7. The summed E-state index contributed by atoms with van der Waals surface area (Å²) < 4.78 is -2.22. The third-order valence-electron chi connectivity index (χ3n) is 2.38. The molecule has 0 aromatic rings. The van der Waals surface area contributed by atoms with Crippen LogP contribution in [0, 0.1) is 6.42 Å². The number of halogens is 9. The van der Waals surface area contributed by atoms with Crippen LogP contribution in [0.15, 0.2) is 0 Å². The second-order valence-electron chi connectivity index (χ2n) is 3.97. The lowest BCUT2D eigenvalue weighted by atomic mass is 10.1. The highest BCUT2D eigenvalue weighted by molar-refractivity contribution is 9.42. The van der Waals surface area contributed by atoms with Gasteiger partial charge in [-0.05, 0) is 12.8 Å². The molecule has 0 N–H and O–H groups in total. The van der Waals surface area contributed by atoms with Crippen molar-refractivity contribution in [3.63, 3.8) is 0 Å². The fraction of sp³-hybridized carbons (Fsp3) is 0.900. The fourth-order valence-corrected chi connectivity index (χ4v) is 7.34. The Hall–Kier alpha value is 4.32. The summed E-state index contributed by atoms with van der Waals surface area (Å²) in [5.41, 5.74) is 0. The van der Waals surface area contributed by atoms with Gasteiger partial charge >= 0.3 is 0 Å². The standard InChI is InChI=1S/C10H12Br9/c1-2-3-4-5-6-7(11,12)8(13,14)9(15,16)10(17,18)19/h6H,2-5H2,1H3. The normalized spacial score (nSPS) is 14.8. The van der Waals surface area contributed by atoms with E-state index in [9.17, 15) is 0 Å². The minimum absolute atomic E-state index is 0.464. The minimum atomic E-state index is -0.603. The zero-order valence-corrected chi connectivity index (χ0v) is 24.1. The van der Waals surface area contributed by atoms with Gasteiger partial charge in [-0.3, -0.25) is 0 Å². The molecule has 0 heterocycles. The van der Waals surface area contributed by atoms with Gasteiger partial charge in [0.25, 0.3) is 0 Å². The lowest BCUT2D eigenvalue weighted by Gasteiger charge is -2.47. The minimum Gasteiger partial charge on any atom is -0.0698 e. The van der Waals surface area contributed by atoms with Crippen LogP contribution in [0.5, 0.6) is 0 Å². The molecule has 0 bridgehead atoms. The number of alkyl halides is 9. The molecule has 0 spiro atoms. The van der Waals surface area contributed by atoms with Gasteiger partial charge in [0.05, 0.1) is 0 Å². The molecule has 0 aromatic carbocycles. The van der Waals surface area contributed by atoms with E-state index >= 15 is 0 Å². The van der Waals surface area contributed by atoms with Gasteiger partial charge in [0.1, 0.15) is 9.70 Å². The average molecular weight is 851 g/mol. The van der Waals surface area contributed by atoms with Gasteiger partial charge in [-0.2, -0.15) is 0 Å². The van der Waals surface area contributed by atoms with Crippen molar-refractivity contribution in [3.8, 4) is 0 Å². The molecule has 0 nitrogen and oxygen atoms in total. The van der Waals surface area contributed by atoms with Crippen LogP contribution in [-0.2, 0) is 0 Å². The van der Waals surface area contributed by atoms with Gasteiger partial charge in [0, 0.05) is 0 Å². The zero-order chi connectivity index (χ0) is 15.5. The maximum Gasteiger partial charge on any atom is 0.162 e. The van der Waals surface area contributed by atoms with Crippen LogP contribution in [-0.4, -0.2) is 11.8 Å². The third kappa shape index (κ3) is 6.28. The fourth-order valence-electron chi connectivity index (χ4n) is 1.19. The van der Waals surface area contributed by atoms with Gasteiger partial charge in [-0.15, -0.1) is 0 Å². The van der Waals surface area contributed by atoms with Gasteiger partial charge in [-0.25, -0.2) is 0 Å². The topological polar surface area (TPSA) is 0 Å². The summed E-state index contributed by atoms with van der Waals surface area (Å²) in [7, 11) is 0. The summed E-state index contributed by atoms with van der Waals surface area (Å²) in [6.45, 7) is 2.20. The van der Waals surface area contributed by atoms with E-state index in [1.165, 1.54) is 19.3 Å². The molecular weight excluding hydrogens is 839 g/mol. The highest BCUT2D eigenvalue weighted by atomic mass is 80.0. The largest absolute Gasteiger partial charge is 0.162 e. The first-order chi connectivity index (χ1) is 8.31. The van der Waals surface area contributed by atoms with Crippen LogP contribution in [0.25, 0.3) is 0 Å². The molecular formula is C10H12Br9. The Balaban J connectivity index is 4.96. The maximum atomic E-state index is 3.74. The van der Waals surface area contributed by atoms with Crippen LogP contribution in [0.3, 0.4) is 0 Å². The molecule has 0 fully saturated rings. The molecule has 1 radical (unpaired) electrons. The van der Waals surface area contributed by atoms with Gasteiger partial charge < -0.3 is 0 Å². The van der Waals surface area contributed by atoms with E-state index in [0.29, 0.717) is 0 Å². The second kappa shape index (κ2) is 9.14. The molecule has 9 heteroatoms. The molecule has 0 saturated heterocycles. The summed E-state index contributed by atoms with van der Waals surface area (Å²) >= 11 is 32.9. The van der Waals surface area contributed by atoms with Crippen LogP contribution in [0.1, 0.15) is 32.6 Å². The van der Waals surface area contributed by atoms with E-state index in [-0.39, 0.29) is 0 Å². The Kier molecular flexibility index (Phi) is 11.2. The Morgan fingerprint density at radius 2 is 1.21 bits per heavy atom. The number of hydrogen-bond donors (Lipinski definition) is 0. The van der Waals surface area contributed by atoms with Crippen LogP contribution in [0.4, 0.5) is 0 Å². The average Bonchev–Trinajstić information content (AvgIpc) is 2.22. The highest BCUT2D eigenvalue weighted by Crippen LogP contribution is 2.68. The van der Waals surface area contributed by atoms with Crippen molar-refractivity contribution in [3.05, 3.63) is 6.42 Å². The van der Waals surface area contributed by atoms with E-state index in [2.05, 4.69) is 157 Å². The zero-order valence-electron chi connectivity index (χ0n) is 9.81. The summed E-state index contributed by atoms with van der Waals surface area (Å²) in [5.74, 6) is 0. The quantitative estimate of drug-likeness (QED) is 0.177. The summed E-state index contributed by atoms with van der Waals surface area (Å²) in [4.78, 5) is 0. The summed E-state index contributed by atoms with van der Waals surface area (Å²) in [6.07, 6.45) is 6.83. The summed E-state index contributed by atoms with van der Waals surface area (Å²) in [6, 6.07) is 0. The molecule has 0 aliphatic rings. The van der Waals surface area contributed by atoms with Crippen LogP contribution >= 0.6 is 143 Å². The predicted octanol–water partition coefficient (Wildman–Crippen LogP) is 9.07. The Labute approximate surface area is 191 Å². The molecule has 0 aliphatic carbocycles. The Bertz CT molecular complexity index is 279. The number of hydrogen-bond acceptors (Lipinski definition) is 0. The van der Waals surface area contributed by atoms with E-state index < -0.39 is 11.8 Å². The van der Waals surface area contributed by atoms with E-state index in [1.54, 1.807) is 0 Å². The molecule has 0 amide bonds. The van der Waals surface area contributed by atoms with Crippen molar-refractivity contribution in [1.82, 2.24) is 0 Å². The second-order valence-corrected chi connectivity index (χ2v) is 21.2.